The fourth-order valence-electron chi connectivity index (χ4n) is 1.73. The Morgan fingerprint density at radius 3 is 2.86 bits per heavy atom. The van der Waals surface area contributed by atoms with E-state index in [0.29, 0.717) is 28.8 Å². The second kappa shape index (κ2) is 8.93. The number of carbonyl (C=O) groups is 1. The van der Waals surface area contributed by atoms with Crippen LogP contribution in [0, 0.1) is 0 Å². The van der Waals surface area contributed by atoms with Gasteiger partial charge >= 0.3 is 0 Å². The van der Waals surface area contributed by atoms with Crippen LogP contribution < -0.4 is 15.8 Å². The Hall–Kier alpha value is -1.23. The minimum absolute atomic E-state index is 0.0172. The summed E-state index contributed by atoms with van der Waals surface area (Å²) in [5, 5.41) is 3.52. The topological polar surface area (TPSA) is 64.3 Å². The van der Waals surface area contributed by atoms with Gasteiger partial charge in [0, 0.05) is 17.6 Å². The lowest BCUT2D eigenvalue weighted by Crippen LogP contribution is -2.29. The highest BCUT2D eigenvalue weighted by molar-refractivity contribution is 6.35. The summed E-state index contributed by atoms with van der Waals surface area (Å²) in [6.45, 7) is 5.80. The first-order chi connectivity index (χ1) is 9.97. The largest absolute Gasteiger partial charge is 0.482 e. The number of benzene rings is 1. The maximum Gasteiger partial charge on any atom is 0.258 e. The second-order valence-electron chi connectivity index (χ2n) is 4.63. The van der Waals surface area contributed by atoms with E-state index in [1.165, 1.54) is 0 Å². The molecule has 0 bridgehead atoms. The Labute approximate surface area is 135 Å². The molecule has 0 saturated carbocycles. The van der Waals surface area contributed by atoms with Crippen LogP contribution in [0.1, 0.15) is 18.9 Å². The van der Waals surface area contributed by atoms with E-state index in [0.717, 1.165) is 12.0 Å². The van der Waals surface area contributed by atoms with E-state index in [1.54, 1.807) is 18.2 Å². The average Bonchev–Trinajstić information content (AvgIpc) is 2.43. The summed E-state index contributed by atoms with van der Waals surface area (Å²) in [4.78, 5) is 11.6. The molecule has 0 saturated heterocycles. The van der Waals surface area contributed by atoms with Crippen LogP contribution in [0.15, 0.2) is 24.8 Å². The molecule has 4 nitrogen and oxygen atoms in total. The first-order valence-corrected chi connectivity index (χ1v) is 7.47. The SMILES string of the molecule is C=CCNC(=O)COc1c(Cl)cc(Cl)cc1CC(N)CC. The van der Waals surface area contributed by atoms with E-state index >= 15 is 0 Å². The van der Waals surface area contributed by atoms with Gasteiger partial charge in [-0.1, -0.05) is 36.2 Å². The average molecular weight is 331 g/mol. The maximum atomic E-state index is 11.6. The summed E-state index contributed by atoms with van der Waals surface area (Å²) in [6, 6.07) is 3.33. The molecule has 0 aliphatic carbocycles. The molecular formula is C15H20Cl2N2O2. The number of hydrogen-bond acceptors (Lipinski definition) is 3. The number of hydrogen-bond donors (Lipinski definition) is 2. The number of nitrogens with one attached hydrogen (secondary N) is 1. The lowest BCUT2D eigenvalue weighted by molar-refractivity contribution is -0.122. The van der Waals surface area contributed by atoms with Gasteiger partial charge in [0.25, 0.3) is 5.91 Å². The number of carbonyl (C=O) groups excluding carboxylic acids is 1. The van der Waals surface area contributed by atoms with Gasteiger partial charge in [-0.05, 0) is 30.5 Å². The van der Waals surface area contributed by atoms with E-state index < -0.39 is 0 Å². The quantitative estimate of drug-likeness (QED) is 0.720. The Kier molecular flexibility index (Phi) is 7.57. The highest BCUT2D eigenvalue weighted by Gasteiger charge is 2.14. The highest BCUT2D eigenvalue weighted by atomic mass is 35.5. The van der Waals surface area contributed by atoms with Crippen LogP contribution in [-0.4, -0.2) is 25.1 Å². The second-order valence-corrected chi connectivity index (χ2v) is 5.47. The molecule has 1 rings (SSSR count). The predicted octanol–water partition coefficient (Wildman–Crippen LogP) is 2.95. The molecular weight excluding hydrogens is 311 g/mol. The van der Waals surface area contributed by atoms with Crippen LogP contribution in [0.25, 0.3) is 0 Å². The van der Waals surface area contributed by atoms with E-state index in [9.17, 15) is 4.79 Å². The number of halogens is 2. The molecule has 0 fully saturated rings. The minimum atomic E-state index is -0.244. The molecule has 6 heteroatoms. The van der Waals surface area contributed by atoms with Crippen molar-refractivity contribution in [1.29, 1.82) is 0 Å². The summed E-state index contributed by atoms with van der Waals surface area (Å²) in [6.07, 6.45) is 3.00. The standard InChI is InChI=1S/C15H20Cl2N2O2/c1-3-5-19-14(20)9-21-15-10(7-12(18)4-2)6-11(16)8-13(15)17/h3,6,8,12H,1,4-5,7,9,18H2,2H3,(H,19,20). The van der Waals surface area contributed by atoms with Crippen molar-refractivity contribution in [2.75, 3.05) is 13.2 Å². The zero-order valence-corrected chi connectivity index (χ0v) is 13.5. The Morgan fingerprint density at radius 1 is 1.52 bits per heavy atom. The van der Waals surface area contributed by atoms with Crippen molar-refractivity contribution in [2.24, 2.45) is 5.73 Å². The Bertz CT molecular complexity index is 507. The molecule has 0 aliphatic rings. The third-order valence-corrected chi connectivity index (χ3v) is 3.38. The van der Waals surface area contributed by atoms with E-state index in [2.05, 4.69) is 11.9 Å². The van der Waals surface area contributed by atoms with Gasteiger partial charge in [0.2, 0.25) is 0 Å². The predicted molar refractivity (Wildman–Crippen MR) is 87.1 cm³/mol. The third-order valence-electron chi connectivity index (χ3n) is 2.88. The van der Waals surface area contributed by atoms with Crippen molar-refractivity contribution in [2.45, 2.75) is 25.8 Å². The van der Waals surface area contributed by atoms with Crippen LogP contribution in [0.3, 0.4) is 0 Å². The first kappa shape index (κ1) is 17.8. The Morgan fingerprint density at radius 2 is 2.24 bits per heavy atom. The molecule has 0 heterocycles. The normalized spacial score (nSPS) is 11.8. The van der Waals surface area contributed by atoms with Gasteiger partial charge in [-0.2, -0.15) is 0 Å². The molecule has 116 valence electrons. The van der Waals surface area contributed by atoms with Crippen LogP contribution in [-0.2, 0) is 11.2 Å². The molecule has 0 aliphatic heterocycles. The fourth-order valence-corrected chi connectivity index (χ4v) is 2.32. The smallest absolute Gasteiger partial charge is 0.258 e. The summed E-state index contributed by atoms with van der Waals surface area (Å²) in [5.41, 5.74) is 6.77. The summed E-state index contributed by atoms with van der Waals surface area (Å²) < 4.78 is 5.53. The molecule has 1 atom stereocenters. The fraction of sp³-hybridized carbons (Fsp3) is 0.400. The number of ether oxygens (including phenoxy) is 1. The van der Waals surface area contributed by atoms with Crippen LogP contribution in [0.5, 0.6) is 5.75 Å². The summed E-state index contributed by atoms with van der Waals surface area (Å²) >= 11 is 12.2. The highest BCUT2D eigenvalue weighted by Crippen LogP contribution is 2.33. The lowest BCUT2D eigenvalue weighted by atomic mass is 10.0. The monoisotopic (exact) mass is 330 g/mol. The van der Waals surface area contributed by atoms with Crippen LogP contribution in [0.4, 0.5) is 0 Å². The molecule has 0 spiro atoms. The van der Waals surface area contributed by atoms with Crippen LogP contribution >= 0.6 is 23.2 Å². The van der Waals surface area contributed by atoms with Gasteiger partial charge in [-0.3, -0.25) is 4.79 Å². The third kappa shape index (κ3) is 5.96. The number of amides is 1. The van der Waals surface area contributed by atoms with Crippen molar-refractivity contribution in [1.82, 2.24) is 5.32 Å². The Balaban J connectivity index is 2.83. The molecule has 1 amide bonds. The zero-order chi connectivity index (χ0) is 15.8. The van der Waals surface area contributed by atoms with Crippen molar-refractivity contribution in [3.63, 3.8) is 0 Å². The van der Waals surface area contributed by atoms with Gasteiger partial charge in [0.15, 0.2) is 6.61 Å². The molecule has 1 aromatic rings. The zero-order valence-electron chi connectivity index (χ0n) is 12.0. The molecule has 21 heavy (non-hydrogen) atoms. The van der Waals surface area contributed by atoms with Crippen molar-refractivity contribution in [3.8, 4) is 5.75 Å². The van der Waals surface area contributed by atoms with Crippen molar-refractivity contribution in [3.05, 3.63) is 40.4 Å². The number of nitrogens with two attached hydrogens (primary N) is 1. The van der Waals surface area contributed by atoms with Crippen molar-refractivity contribution >= 4 is 29.1 Å². The molecule has 3 N–H and O–H groups in total. The molecule has 0 aromatic heterocycles. The minimum Gasteiger partial charge on any atom is -0.482 e. The molecule has 1 aromatic carbocycles. The van der Waals surface area contributed by atoms with Gasteiger partial charge in [0.1, 0.15) is 5.75 Å². The van der Waals surface area contributed by atoms with Gasteiger partial charge in [-0.25, -0.2) is 0 Å². The first-order valence-electron chi connectivity index (χ1n) is 6.71. The van der Waals surface area contributed by atoms with Gasteiger partial charge in [-0.15, -0.1) is 6.58 Å². The molecule has 0 radical (unpaired) electrons. The van der Waals surface area contributed by atoms with E-state index in [-0.39, 0.29) is 18.6 Å². The lowest BCUT2D eigenvalue weighted by Gasteiger charge is -2.16. The van der Waals surface area contributed by atoms with Gasteiger partial charge in [0.05, 0.1) is 5.02 Å². The summed E-state index contributed by atoms with van der Waals surface area (Å²) in [7, 11) is 0. The van der Waals surface area contributed by atoms with E-state index in [4.69, 9.17) is 33.7 Å². The summed E-state index contributed by atoms with van der Waals surface area (Å²) in [5.74, 6) is 0.213. The number of rotatable bonds is 8. The van der Waals surface area contributed by atoms with Crippen molar-refractivity contribution < 1.29 is 9.53 Å². The van der Waals surface area contributed by atoms with Gasteiger partial charge < -0.3 is 15.8 Å². The molecule has 1 unspecified atom stereocenters. The van der Waals surface area contributed by atoms with E-state index in [1.807, 2.05) is 6.92 Å². The maximum absolute atomic E-state index is 11.6. The van der Waals surface area contributed by atoms with Crippen LogP contribution in [0.2, 0.25) is 10.0 Å².